The summed E-state index contributed by atoms with van der Waals surface area (Å²) in [7, 11) is 3.27. The third kappa shape index (κ3) is 4.28. The molecule has 1 atom stereocenters. The first-order valence-electron chi connectivity index (χ1n) is 6.84. The van der Waals surface area contributed by atoms with Crippen LogP contribution in [0.5, 0.6) is 11.5 Å². The van der Waals surface area contributed by atoms with Gasteiger partial charge in [-0.25, -0.2) is 0 Å². The van der Waals surface area contributed by atoms with E-state index in [1.165, 1.54) is 0 Å². The van der Waals surface area contributed by atoms with Crippen molar-refractivity contribution < 1.29 is 19.0 Å². The number of carbonyl (C=O) groups excluding carboxylic acids is 1. The number of ether oxygens (including phenoxy) is 3. The van der Waals surface area contributed by atoms with Crippen molar-refractivity contribution in [3.8, 4) is 11.5 Å². The van der Waals surface area contributed by atoms with E-state index in [1.807, 2.05) is 23.9 Å². The van der Waals surface area contributed by atoms with Crippen molar-refractivity contribution in [2.45, 2.75) is 12.0 Å². The number of rotatable bonds is 7. The highest BCUT2D eigenvalue weighted by Gasteiger charge is 2.34. The van der Waals surface area contributed by atoms with E-state index >= 15 is 0 Å². The molecule has 0 aliphatic carbocycles. The van der Waals surface area contributed by atoms with E-state index in [4.69, 9.17) is 14.2 Å². The Morgan fingerprint density at radius 3 is 2.71 bits per heavy atom. The molecule has 1 aliphatic rings. The minimum absolute atomic E-state index is 0.0344. The van der Waals surface area contributed by atoms with Crippen LogP contribution in [0.2, 0.25) is 0 Å². The van der Waals surface area contributed by atoms with Gasteiger partial charge in [0, 0.05) is 19.4 Å². The molecule has 2 rings (SSSR count). The van der Waals surface area contributed by atoms with Gasteiger partial charge < -0.3 is 19.5 Å². The number of hydrogen-bond acceptors (Lipinski definition) is 5. The molecule has 116 valence electrons. The second kappa shape index (κ2) is 7.56. The molecule has 0 spiro atoms. The summed E-state index contributed by atoms with van der Waals surface area (Å²) in [6, 6.07) is 7.26. The Kier molecular flexibility index (Phi) is 5.76. The van der Waals surface area contributed by atoms with Crippen LogP contribution in [0, 0.1) is 0 Å². The van der Waals surface area contributed by atoms with Crippen LogP contribution in [0.25, 0.3) is 0 Å². The average molecular weight is 311 g/mol. The van der Waals surface area contributed by atoms with Crippen LogP contribution in [0.1, 0.15) is 6.42 Å². The van der Waals surface area contributed by atoms with Crippen molar-refractivity contribution in [2.75, 3.05) is 38.9 Å². The van der Waals surface area contributed by atoms with Crippen molar-refractivity contribution in [3.05, 3.63) is 24.3 Å². The molecule has 1 saturated heterocycles. The molecule has 0 bridgehead atoms. The molecule has 1 N–H and O–H groups in total. The Balaban J connectivity index is 1.79. The molecule has 1 heterocycles. The number of nitrogens with one attached hydrogen (secondary N) is 1. The Hall–Kier alpha value is -1.40. The van der Waals surface area contributed by atoms with Gasteiger partial charge in [0.25, 0.3) is 5.91 Å². The van der Waals surface area contributed by atoms with Gasteiger partial charge in [0.05, 0.1) is 12.7 Å². The lowest BCUT2D eigenvalue weighted by molar-refractivity contribution is -0.124. The van der Waals surface area contributed by atoms with Crippen molar-refractivity contribution in [3.63, 3.8) is 0 Å². The van der Waals surface area contributed by atoms with E-state index in [2.05, 4.69) is 5.32 Å². The molecule has 1 aliphatic heterocycles. The normalized spacial score (nSPS) is 21.0. The van der Waals surface area contributed by atoms with Crippen LogP contribution in [-0.4, -0.2) is 50.4 Å². The Labute approximate surface area is 129 Å². The number of methoxy groups -OCH3 is 2. The fraction of sp³-hybridized carbons (Fsp3) is 0.533. The van der Waals surface area contributed by atoms with Crippen molar-refractivity contribution in [1.82, 2.24) is 5.32 Å². The maximum absolute atomic E-state index is 11.9. The standard InChI is InChI=1S/C15H21NO4S/c1-18-12-5-3-4-6-13(12)20-9-14(17)16-10-15(19-2)7-8-21-11-15/h3-6H,7-11H2,1-2H3,(H,16,17)/t15-/m1/s1. The van der Waals surface area contributed by atoms with Gasteiger partial charge in [-0.1, -0.05) is 12.1 Å². The quantitative estimate of drug-likeness (QED) is 0.831. The lowest BCUT2D eigenvalue weighted by Gasteiger charge is -2.26. The smallest absolute Gasteiger partial charge is 0.258 e. The van der Waals surface area contributed by atoms with Gasteiger partial charge in [0.15, 0.2) is 18.1 Å². The Morgan fingerprint density at radius 2 is 2.10 bits per heavy atom. The minimum atomic E-state index is -0.231. The highest BCUT2D eigenvalue weighted by atomic mass is 32.2. The van der Waals surface area contributed by atoms with E-state index in [0.29, 0.717) is 18.0 Å². The van der Waals surface area contributed by atoms with Crippen molar-refractivity contribution in [1.29, 1.82) is 0 Å². The average Bonchev–Trinajstić information content (AvgIpc) is 3.00. The topological polar surface area (TPSA) is 56.8 Å². The molecule has 0 unspecified atom stereocenters. The molecule has 1 aromatic carbocycles. The minimum Gasteiger partial charge on any atom is -0.493 e. The van der Waals surface area contributed by atoms with Gasteiger partial charge in [-0.15, -0.1) is 0 Å². The predicted molar refractivity (Wildman–Crippen MR) is 83.2 cm³/mol. The van der Waals surface area contributed by atoms with E-state index in [-0.39, 0.29) is 18.1 Å². The molecule has 0 aromatic heterocycles. The second-order valence-electron chi connectivity index (χ2n) is 4.91. The maximum atomic E-state index is 11.9. The third-order valence-electron chi connectivity index (χ3n) is 3.54. The van der Waals surface area contributed by atoms with Crippen molar-refractivity contribution in [2.24, 2.45) is 0 Å². The molecule has 6 heteroatoms. The number of amides is 1. The lowest BCUT2D eigenvalue weighted by Crippen LogP contribution is -2.45. The van der Waals surface area contributed by atoms with Crippen LogP contribution in [-0.2, 0) is 9.53 Å². The van der Waals surface area contributed by atoms with Crippen LogP contribution in [0.4, 0.5) is 0 Å². The summed E-state index contributed by atoms with van der Waals surface area (Å²) in [5.41, 5.74) is -0.231. The number of benzene rings is 1. The number of thioether (sulfide) groups is 1. The van der Waals surface area contributed by atoms with Gasteiger partial charge in [-0.05, 0) is 24.3 Å². The molecule has 21 heavy (non-hydrogen) atoms. The summed E-state index contributed by atoms with van der Waals surface area (Å²) in [6.45, 7) is 0.484. The summed E-state index contributed by atoms with van der Waals surface area (Å²) in [4.78, 5) is 11.9. The Morgan fingerprint density at radius 1 is 1.33 bits per heavy atom. The molecular weight excluding hydrogens is 290 g/mol. The first-order valence-corrected chi connectivity index (χ1v) is 8.00. The molecule has 1 amide bonds. The highest BCUT2D eigenvalue weighted by molar-refractivity contribution is 7.99. The molecule has 1 fully saturated rings. The zero-order chi connectivity index (χ0) is 15.1. The molecular formula is C15H21NO4S. The predicted octanol–water partition coefficient (Wildman–Crippen LogP) is 1.71. The summed E-state index contributed by atoms with van der Waals surface area (Å²) < 4.78 is 16.2. The second-order valence-corrected chi connectivity index (χ2v) is 6.01. The molecule has 0 radical (unpaired) electrons. The van der Waals surface area contributed by atoms with Crippen molar-refractivity contribution >= 4 is 17.7 Å². The van der Waals surface area contributed by atoms with Crippen LogP contribution in [0.15, 0.2) is 24.3 Å². The van der Waals surface area contributed by atoms with Gasteiger partial charge in [0.1, 0.15) is 0 Å². The fourth-order valence-electron chi connectivity index (χ4n) is 2.15. The highest BCUT2D eigenvalue weighted by Crippen LogP contribution is 2.30. The van der Waals surface area contributed by atoms with Crippen LogP contribution >= 0.6 is 11.8 Å². The maximum Gasteiger partial charge on any atom is 0.258 e. The first-order chi connectivity index (χ1) is 10.2. The van der Waals surface area contributed by atoms with E-state index in [1.54, 1.807) is 26.4 Å². The molecule has 5 nitrogen and oxygen atoms in total. The fourth-order valence-corrected chi connectivity index (χ4v) is 3.55. The zero-order valence-electron chi connectivity index (χ0n) is 12.4. The lowest BCUT2D eigenvalue weighted by atomic mass is 10.0. The number of hydrogen-bond donors (Lipinski definition) is 1. The first kappa shape index (κ1) is 16.0. The van der Waals surface area contributed by atoms with Gasteiger partial charge in [-0.3, -0.25) is 4.79 Å². The largest absolute Gasteiger partial charge is 0.493 e. The van der Waals surface area contributed by atoms with Crippen LogP contribution in [0.3, 0.4) is 0 Å². The summed E-state index contributed by atoms with van der Waals surface area (Å²) in [6.07, 6.45) is 0.960. The van der Waals surface area contributed by atoms with Gasteiger partial charge in [-0.2, -0.15) is 11.8 Å². The summed E-state index contributed by atoms with van der Waals surface area (Å²) in [5.74, 6) is 3.01. The Bertz CT molecular complexity index is 474. The molecule has 0 saturated carbocycles. The third-order valence-corrected chi connectivity index (χ3v) is 4.76. The van der Waals surface area contributed by atoms with Gasteiger partial charge in [0.2, 0.25) is 0 Å². The number of para-hydroxylation sites is 2. The zero-order valence-corrected chi connectivity index (χ0v) is 13.2. The molecule has 1 aromatic rings. The van der Waals surface area contributed by atoms with Gasteiger partial charge >= 0.3 is 0 Å². The van der Waals surface area contributed by atoms with E-state index in [9.17, 15) is 4.79 Å². The van der Waals surface area contributed by atoms with E-state index < -0.39 is 0 Å². The number of carbonyl (C=O) groups is 1. The SMILES string of the molecule is COc1ccccc1OCC(=O)NC[C@]1(OC)CCSC1. The summed E-state index contributed by atoms with van der Waals surface area (Å²) >= 11 is 1.85. The summed E-state index contributed by atoms with van der Waals surface area (Å²) in [5, 5.41) is 2.88. The monoisotopic (exact) mass is 311 g/mol. The van der Waals surface area contributed by atoms with Crippen LogP contribution < -0.4 is 14.8 Å². The van der Waals surface area contributed by atoms with E-state index in [0.717, 1.165) is 17.9 Å².